The fraction of sp³-hybridized carbons (Fsp3) is 0.846. The highest BCUT2D eigenvalue weighted by Crippen LogP contribution is 2.33. The number of rotatable bonds is 5. The Morgan fingerprint density at radius 1 is 1.44 bits per heavy atom. The smallest absolute Gasteiger partial charge is 0.141 e. The van der Waals surface area contributed by atoms with Gasteiger partial charge in [0.15, 0.2) is 0 Å². The molecule has 1 aliphatic heterocycles. The number of nitrogens with one attached hydrogen (secondary N) is 1. The number of aromatic nitrogens is 3. The topological polar surface area (TPSA) is 46.0 Å². The number of hydrogen-bond acceptors (Lipinski definition) is 4. The van der Waals surface area contributed by atoms with Gasteiger partial charge in [-0.2, -0.15) is 5.10 Å². The Morgan fingerprint density at radius 3 is 3.11 bits per heavy atom. The predicted molar refractivity (Wildman–Crippen MR) is 70.1 cm³/mol. The Kier molecular flexibility index (Phi) is 3.61. The Bertz CT molecular complexity index is 384. The summed E-state index contributed by atoms with van der Waals surface area (Å²) in [5, 5.41) is 7.95. The van der Waals surface area contributed by atoms with Gasteiger partial charge in [0.1, 0.15) is 12.2 Å². The molecule has 1 saturated heterocycles. The first-order chi connectivity index (χ1) is 8.86. The maximum Gasteiger partial charge on any atom is 0.141 e. The van der Waals surface area contributed by atoms with Gasteiger partial charge in [-0.1, -0.05) is 6.92 Å². The van der Waals surface area contributed by atoms with Gasteiger partial charge in [-0.25, -0.2) is 9.67 Å². The molecule has 0 amide bonds. The molecule has 2 aliphatic rings. The highest BCUT2D eigenvalue weighted by Gasteiger charge is 2.34. The summed E-state index contributed by atoms with van der Waals surface area (Å²) in [6.45, 7) is 7.52. The average molecular weight is 249 g/mol. The molecule has 5 heteroatoms. The maximum atomic E-state index is 4.40. The Labute approximate surface area is 109 Å². The van der Waals surface area contributed by atoms with Crippen molar-refractivity contribution in [3.8, 4) is 0 Å². The first-order valence-corrected chi connectivity index (χ1v) is 7.19. The zero-order chi connectivity index (χ0) is 12.4. The van der Waals surface area contributed by atoms with Crippen LogP contribution in [0.1, 0.15) is 32.0 Å². The second kappa shape index (κ2) is 5.36. The fourth-order valence-electron chi connectivity index (χ4n) is 2.81. The van der Waals surface area contributed by atoms with E-state index in [4.69, 9.17) is 0 Å². The third-order valence-electron chi connectivity index (χ3n) is 3.98. The van der Waals surface area contributed by atoms with E-state index in [2.05, 4.69) is 27.2 Å². The fourth-order valence-corrected chi connectivity index (χ4v) is 2.81. The van der Waals surface area contributed by atoms with Crippen molar-refractivity contribution in [2.75, 3.05) is 19.6 Å². The summed E-state index contributed by atoms with van der Waals surface area (Å²) in [5.41, 5.74) is 0. The van der Waals surface area contributed by atoms with Crippen molar-refractivity contribution in [2.24, 2.45) is 5.92 Å². The molecule has 5 nitrogen and oxygen atoms in total. The van der Waals surface area contributed by atoms with Crippen LogP contribution in [0.15, 0.2) is 6.33 Å². The summed E-state index contributed by atoms with van der Waals surface area (Å²) >= 11 is 0. The van der Waals surface area contributed by atoms with Gasteiger partial charge in [-0.3, -0.25) is 4.90 Å². The lowest BCUT2D eigenvalue weighted by atomic mass is 10.1. The second-order valence-corrected chi connectivity index (χ2v) is 5.53. The molecular weight excluding hydrogens is 226 g/mol. The predicted octanol–water partition coefficient (Wildman–Crippen LogP) is 0.872. The van der Waals surface area contributed by atoms with E-state index in [0.29, 0.717) is 6.04 Å². The van der Waals surface area contributed by atoms with Gasteiger partial charge in [0.25, 0.3) is 0 Å². The minimum atomic E-state index is 0.710. The summed E-state index contributed by atoms with van der Waals surface area (Å²) < 4.78 is 2.05. The standard InChI is InChI=1S/C13H23N5/c1-2-6-18-13(15-10-16-18)9-17-7-5-14-12(8-17)11-3-4-11/h10-12,14H,2-9H2,1H3. The number of aryl methyl sites for hydroxylation is 1. The van der Waals surface area contributed by atoms with Crippen LogP contribution >= 0.6 is 0 Å². The van der Waals surface area contributed by atoms with E-state index in [1.165, 1.54) is 19.4 Å². The maximum absolute atomic E-state index is 4.40. The highest BCUT2D eigenvalue weighted by atomic mass is 15.4. The van der Waals surface area contributed by atoms with E-state index < -0.39 is 0 Å². The molecule has 1 aromatic rings. The summed E-state index contributed by atoms with van der Waals surface area (Å²) in [7, 11) is 0. The van der Waals surface area contributed by atoms with Crippen molar-refractivity contribution in [3.63, 3.8) is 0 Å². The van der Waals surface area contributed by atoms with Crippen LogP contribution in [0.2, 0.25) is 0 Å². The molecule has 3 rings (SSSR count). The third-order valence-corrected chi connectivity index (χ3v) is 3.98. The molecule has 0 radical (unpaired) electrons. The molecule has 0 spiro atoms. The van der Waals surface area contributed by atoms with Crippen LogP contribution in [0.25, 0.3) is 0 Å². The Hall–Kier alpha value is -0.940. The van der Waals surface area contributed by atoms with Crippen molar-refractivity contribution < 1.29 is 0 Å². The van der Waals surface area contributed by atoms with E-state index in [1.54, 1.807) is 6.33 Å². The molecule has 2 heterocycles. The molecule has 2 fully saturated rings. The van der Waals surface area contributed by atoms with E-state index in [-0.39, 0.29) is 0 Å². The monoisotopic (exact) mass is 249 g/mol. The van der Waals surface area contributed by atoms with Crippen LogP contribution in [0, 0.1) is 5.92 Å². The Morgan fingerprint density at radius 2 is 2.33 bits per heavy atom. The number of hydrogen-bond donors (Lipinski definition) is 1. The van der Waals surface area contributed by atoms with Crippen molar-refractivity contribution in [2.45, 2.75) is 45.3 Å². The van der Waals surface area contributed by atoms with Gasteiger partial charge in [0, 0.05) is 32.2 Å². The number of nitrogens with zero attached hydrogens (tertiary/aromatic N) is 4. The van der Waals surface area contributed by atoms with Crippen LogP contribution < -0.4 is 5.32 Å². The molecule has 18 heavy (non-hydrogen) atoms. The SMILES string of the molecule is CCCn1ncnc1CN1CCNC(C2CC2)C1. The lowest BCUT2D eigenvalue weighted by molar-refractivity contribution is 0.175. The molecular formula is C13H23N5. The van der Waals surface area contributed by atoms with Gasteiger partial charge in [0.05, 0.1) is 6.54 Å². The van der Waals surface area contributed by atoms with Gasteiger partial charge >= 0.3 is 0 Å². The Balaban J connectivity index is 1.59. The van der Waals surface area contributed by atoms with Crippen molar-refractivity contribution in [3.05, 3.63) is 12.2 Å². The molecule has 1 aliphatic carbocycles. The number of piperazine rings is 1. The first-order valence-electron chi connectivity index (χ1n) is 7.19. The zero-order valence-electron chi connectivity index (χ0n) is 11.2. The van der Waals surface area contributed by atoms with E-state index in [1.807, 2.05) is 4.68 Å². The molecule has 1 N–H and O–H groups in total. The van der Waals surface area contributed by atoms with E-state index in [0.717, 1.165) is 44.3 Å². The van der Waals surface area contributed by atoms with Crippen molar-refractivity contribution >= 4 is 0 Å². The summed E-state index contributed by atoms with van der Waals surface area (Å²) in [5.74, 6) is 2.05. The molecule has 0 aromatic carbocycles. The van der Waals surface area contributed by atoms with Crippen LogP contribution in [-0.4, -0.2) is 45.3 Å². The molecule has 0 bridgehead atoms. The molecule has 1 aromatic heterocycles. The van der Waals surface area contributed by atoms with E-state index in [9.17, 15) is 0 Å². The molecule has 1 atom stereocenters. The molecule has 100 valence electrons. The van der Waals surface area contributed by atoms with Crippen LogP contribution in [0.3, 0.4) is 0 Å². The summed E-state index contributed by atoms with van der Waals surface area (Å²) in [6.07, 6.45) is 5.63. The summed E-state index contributed by atoms with van der Waals surface area (Å²) in [4.78, 5) is 6.93. The lowest BCUT2D eigenvalue weighted by Crippen LogP contribution is -2.51. The van der Waals surface area contributed by atoms with Crippen LogP contribution in [0.5, 0.6) is 0 Å². The average Bonchev–Trinajstić information content (AvgIpc) is 3.15. The van der Waals surface area contributed by atoms with Crippen molar-refractivity contribution in [1.29, 1.82) is 0 Å². The molecule has 1 unspecified atom stereocenters. The van der Waals surface area contributed by atoms with E-state index >= 15 is 0 Å². The second-order valence-electron chi connectivity index (χ2n) is 5.53. The van der Waals surface area contributed by atoms with Crippen LogP contribution in [-0.2, 0) is 13.1 Å². The minimum Gasteiger partial charge on any atom is -0.311 e. The van der Waals surface area contributed by atoms with Gasteiger partial charge in [-0.15, -0.1) is 0 Å². The quantitative estimate of drug-likeness (QED) is 0.841. The lowest BCUT2D eigenvalue weighted by Gasteiger charge is -2.33. The normalized spacial score (nSPS) is 25.5. The van der Waals surface area contributed by atoms with Gasteiger partial charge in [0.2, 0.25) is 0 Å². The van der Waals surface area contributed by atoms with Gasteiger partial charge in [-0.05, 0) is 25.2 Å². The minimum absolute atomic E-state index is 0.710. The largest absolute Gasteiger partial charge is 0.311 e. The van der Waals surface area contributed by atoms with Gasteiger partial charge < -0.3 is 5.32 Å². The first kappa shape index (κ1) is 12.1. The summed E-state index contributed by atoms with van der Waals surface area (Å²) in [6, 6.07) is 0.710. The highest BCUT2D eigenvalue weighted by molar-refractivity contribution is 4.93. The third kappa shape index (κ3) is 2.72. The zero-order valence-corrected chi connectivity index (χ0v) is 11.2. The van der Waals surface area contributed by atoms with Crippen LogP contribution in [0.4, 0.5) is 0 Å². The van der Waals surface area contributed by atoms with Crippen molar-refractivity contribution in [1.82, 2.24) is 25.0 Å². The molecule has 1 saturated carbocycles.